The van der Waals surface area contributed by atoms with Crippen LogP contribution in [-0.2, 0) is 27.6 Å². The van der Waals surface area contributed by atoms with Crippen LogP contribution in [0.25, 0.3) is 0 Å². The molecular weight excluding hydrogens is 476 g/mol. The number of rotatable bonds is 6. The van der Waals surface area contributed by atoms with E-state index in [1.165, 1.54) is 17.1 Å². The first-order valence-corrected chi connectivity index (χ1v) is 14.8. The standard InChI is InChI=1S/C28H34N2O5S/c1-29(36(33,34)17-19-5-3-2-4-6-19)21-11-12-28(32)23-15-20-9-10-22(31)25-24(20)27(28,26(21)35-25)13-14-30(23)16-18-7-8-18/h2-6,9-10,18,21,23,26,31-32H,7-8,11-17H2,1H3/t21-,23+,26-,27-,28+/m0/s1. The molecule has 3 fully saturated rings. The number of sulfonamides is 1. The highest BCUT2D eigenvalue weighted by Gasteiger charge is 2.73. The van der Waals surface area contributed by atoms with Crippen molar-refractivity contribution in [2.24, 2.45) is 5.92 Å². The molecule has 8 heteroatoms. The Hall–Kier alpha value is -2.13. The monoisotopic (exact) mass is 510 g/mol. The van der Waals surface area contributed by atoms with Crippen molar-refractivity contribution in [2.45, 2.75) is 73.5 Å². The fourth-order valence-electron chi connectivity index (χ4n) is 7.92. The van der Waals surface area contributed by atoms with Gasteiger partial charge in [0.1, 0.15) is 6.10 Å². The van der Waals surface area contributed by atoms with Crippen molar-refractivity contribution in [2.75, 3.05) is 20.1 Å². The molecule has 2 heterocycles. The Bertz CT molecular complexity index is 1310. The van der Waals surface area contributed by atoms with Gasteiger partial charge < -0.3 is 14.9 Å². The summed E-state index contributed by atoms with van der Waals surface area (Å²) >= 11 is 0. The topological polar surface area (TPSA) is 90.3 Å². The van der Waals surface area contributed by atoms with E-state index in [9.17, 15) is 18.6 Å². The van der Waals surface area contributed by atoms with E-state index in [-0.39, 0.29) is 17.5 Å². The van der Waals surface area contributed by atoms with Gasteiger partial charge in [0.2, 0.25) is 10.0 Å². The number of piperidine rings is 1. The highest BCUT2D eigenvalue weighted by Crippen LogP contribution is 2.66. The Balaban J connectivity index is 1.30. The number of likely N-dealkylation sites (N-methyl/N-ethyl adjacent to an activating group) is 1. The number of benzene rings is 2. The maximum atomic E-state index is 13.6. The van der Waals surface area contributed by atoms with Gasteiger partial charge in [-0.15, -0.1) is 0 Å². The first kappa shape index (κ1) is 23.0. The molecule has 1 saturated heterocycles. The van der Waals surface area contributed by atoms with Gasteiger partial charge in [-0.2, -0.15) is 4.31 Å². The summed E-state index contributed by atoms with van der Waals surface area (Å²) in [6.45, 7) is 1.87. The van der Waals surface area contributed by atoms with E-state index < -0.39 is 33.2 Å². The SMILES string of the molecule is CN([C@H]1CC[C@@]2(O)[C@H]3Cc4ccc(O)c5c4[C@@]2(CCN3CC2CC2)[C@H]1O5)S(=O)(=O)Cc1ccccc1. The van der Waals surface area contributed by atoms with Crippen LogP contribution in [0, 0.1) is 5.92 Å². The van der Waals surface area contributed by atoms with Crippen molar-refractivity contribution in [3.63, 3.8) is 0 Å². The van der Waals surface area contributed by atoms with Crippen LogP contribution in [0.3, 0.4) is 0 Å². The molecule has 36 heavy (non-hydrogen) atoms. The highest BCUT2D eigenvalue weighted by molar-refractivity contribution is 7.88. The van der Waals surface area contributed by atoms with Crippen molar-refractivity contribution in [3.05, 3.63) is 59.2 Å². The van der Waals surface area contributed by atoms with Gasteiger partial charge in [0.15, 0.2) is 11.5 Å². The van der Waals surface area contributed by atoms with Crippen LogP contribution < -0.4 is 4.74 Å². The molecule has 0 unspecified atom stereocenters. The lowest BCUT2D eigenvalue weighted by atomic mass is 9.48. The number of phenolic OH excluding ortho intramolecular Hbond substituents is 1. The Morgan fingerprint density at radius 1 is 1.11 bits per heavy atom. The summed E-state index contributed by atoms with van der Waals surface area (Å²) in [5.41, 5.74) is 1.05. The molecule has 2 aromatic rings. The van der Waals surface area contributed by atoms with E-state index in [1.54, 1.807) is 13.1 Å². The van der Waals surface area contributed by atoms with E-state index >= 15 is 0 Å². The second-order valence-corrected chi connectivity index (χ2v) is 13.7. The molecule has 2 aliphatic heterocycles. The Kier molecular flexibility index (Phi) is 4.92. The molecule has 1 spiro atoms. The number of likely N-dealkylation sites (tertiary alicyclic amines) is 1. The third-order valence-electron chi connectivity index (χ3n) is 9.83. The summed E-state index contributed by atoms with van der Waals surface area (Å²) in [6, 6.07) is 12.5. The van der Waals surface area contributed by atoms with Crippen LogP contribution in [0.4, 0.5) is 0 Å². The van der Waals surface area contributed by atoms with Crippen molar-refractivity contribution < 1.29 is 23.4 Å². The number of nitrogens with zero attached hydrogens (tertiary/aromatic N) is 2. The lowest BCUT2D eigenvalue weighted by Crippen LogP contribution is -2.78. The van der Waals surface area contributed by atoms with Crippen molar-refractivity contribution in [3.8, 4) is 11.5 Å². The molecule has 2 bridgehead atoms. The Morgan fingerprint density at radius 3 is 2.64 bits per heavy atom. The summed E-state index contributed by atoms with van der Waals surface area (Å²) in [7, 11) is -1.98. The predicted molar refractivity (Wildman–Crippen MR) is 135 cm³/mol. The maximum Gasteiger partial charge on any atom is 0.218 e. The summed E-state index contributed by atoms with van der Waals surface area (Å²) in [5.74, 6) is 1.17. The second kappa shape index (κ2) is 7.69. The van der Waals surface area contributed by atoms with Gasteiger partial charge in [0, 0.05) is 25.2 Å². The van der Waals surface area contributed by atoms with E-state index in [2.05, 4.69) is 4.90 Å². The minimum Gasteiger partial charge on any atom is -0.504 e. The van der Waals surface area contributed by atoms with Crippen molar-refractivity contribution in [1.29, 1.82) is 0 Å². The van der Waals surface area contributed by atoms with Crippen molar-refractivity contribution in [1.82, 2.24) is 9.21 Å². The lowest BCUT2D eigenvalue weighted by molar-refractivity contribution is -0.195. The molecule has 0 radical (unpaired) electrons. The quantitative estimate of drug-likeness (QED) is 0.621. The van der Waals surface area contributed by atoms with Gasteiger partial charge in [-0.25, -0.2) is 8.42 Å². The van der Waals surface area contributed by atoms with Gasteiger partial charge in [-0.05, 0) is 68.2 Å². The zero-order chi connectivity index (χ0) is 24.9. The van der Waals surface area contributed by atoms with Crippen LogP contribution in [0.1, 0.15) is 48.8 Å². The normalized spacial score (nSPS) is 34.9. The van der Waals surface area contributed by atoms with Gasteiger partial charge in [0.25, 0.3) is 0 Å². The molecule has 2 aromatic carbocycles. The third-order valence-corrected chi connectivity index (χ3v) is 11.7. The minimum absolute atomic E-state index is 0.0203. The lowest BCUT2D eigenvalue weighted by Gasteiger charge is -2.64. The Morgan fingerprint density at radius 2 is 1.89 bits per heavy atom. The zero-order valence-corrected chi connectivity index (χ0v) is 21.5. The summed E-state index contributed by atoms with van der Waals surface area (Å²) in [5, 5.41) is 23.4. The number of hydrogen-bond acceptors (Lipinski definition) is 6. The maximum absolute atomic E-state index is 13.6. The molecule has 2 N–H and O–H groups in total. The molecule has 5 atom stereocenters. The van der Waals surface area contributed by atoms with Gasteiger partial charge in [0.05, 0.1) is 22.8 Å². The van der Waals surface area contributed by atoms with Crippen molar-refractivity contribution >= 4 is 10.0 Å². The zero-order valence-electron chi connectivity index (χ0n) is 20.6. The van der Waals surface area contributed by atoms with Gasteiger partial charge >= 0.3 is 0 Å². The van der Waals surface area contributed by atoms with Gasteiger partial charge in [-0.3, -0.25) is 4.90 Å². The number of aliphatic hydroxyl groups is 1. The van der Waals surface area contributed by atoms with E-state index in [1.807, 2.05) is 36.4 Å². The largest absolute Gasteiger partial charge is 0.504 e. The van der Waals surface area contributed by atoms with Crippen LogP contribution in [0.2, 0.25) is 0 Å². The van der Waals surface area contributed by atoms with Crippen LogP contribution in [-0.4, -0.2) is 71.8 Å². The number of hydrogen-bond donors (Lipinski definition) is 2. The number of phenols is 1. The highest BCUT2D eigenvalue weighted by atomic mass is 32.2. The van der Waals surface area contributed by atoms with Crippen LogP contribution in [0.15, 0.2) is 42.5 Å². The fourth-order valence-corrected chi connectivity index (χ4v) is 9.37. The summed E-state index contributed by atoms with van der Waals surface area (Å²) < 4.78 is 35.2. The molecule has 3 aliphatic carbocycles. The molecular formula is C28H34N2O5S. The molecule has 2 saturated carbocycles. The molecule has 5 aliphatic rings. The van der Waals surface area contributed by atoms with Crippen LogP contribution >= 0.6 is 0 Å². The first-order valence-electron chi connectivity index (χ1n) is 13.2. The number of aromatic hydroxyl groups is 1. The second-order valence-electron chi connectivity index (χ2n) is 11.7. The van der Waals surface area contributed by atoms with E-state index in [0.717, 1.165) is 42.1 Å². The molecule has 0 aromatic heterocycles. The molecule has 7 nitrogen and oxygen atoms in total. The van der Waals surface area contributed by atoms with E-state index in [0.29, 0.717) is 25.0 Å². The van der Waals surface area contributed by atoms with E-state index in [4.69, 9.17) is 4.74 Å². The summed E-state index contributed by atoms with van der Waals surface area (Å²) in [6.07, 6.45) is 4.45. The molecule has 192 valence electrons. The van der Waals surface area contributed by atoms with Crippen LogP contribution in [0.5, 0.6) is 11.5 Å². The first-order chi connectivity index (χ1) is 17.2. The average molecular weight is 511 g/mol. The summed E-state index contributed by atoms with van der Waals surface area (Å²) in [4.78, 5) is 2.49. The smallest absolute Gasteiger partial charge is 0.218 e. The fraction of sp³-hybridized carbons (Fsp3) is 0.571. The predicted octanol–water partition coefficient (Wildman–Crippen LogP) is 2.79. The van der Waals surface area contributed by atoms with Gasteiger partial charge in [-0.1, -0.05) is 36.4 Å². The molecule has 7 rings (SSSR count). The third kappa shape index (κ3) is 3.04. The molecule has 0 amide bonds. The average Bonchev–Trinajstić information content (AvgIpc) is 3.59. The number of ether oxygens (including phenoxy) is 1. The minimum atomic E-state index is -3.63. The Labute approximate surface area is 212 Å².